The van der Waals surface area contributed by atoms with Gasteiger partial charge in [0.15, 0.2) is 0 Å². The van der Waals surface area contributed by atoms with Gasteiger partial charge >= 0.3 is 0 Å². The fraction of sp³-hybridized carbons (Fsp3) is 0.588. The molecule has 190 valence electrons. The third kappa shape index (κ3) is 6.21. The first-order valence-corrected chi connectivity index (χ1v) is 14.8. The Morgan fingerprint density at radius 2 is 1.25 bits per heavy atom. The molecule has 2 heteroatoms. The molecule has 0 unspecified atom stereocenters. The van der Waals surface area contributed by atoms with E-state index in [9.17, 15) is 10.5 Å². The van der Waals surface area contributed by atoms with Crippen LogP contribution in [0.25, 0.3) is 11.1 Å². The van der Waals surface area contributed by atoms with Crippen LogP contribution in [0, 0.1) is 34.5 Å². The zero-order chi connectivity index (χ0) is 25.3. The van der Waals surface area contributed by atoms with Crippen molar-refractivity contribution >= 4 is 0 Å². The largest absolute Gasteiger partial charge is 0.192 e. The van der Waals surface area contributed by atoms with Crippen molar-refractivity contribution < 1.29 is 0 Å². The molecule has 4 rings (SSSR count). The lowest BCUT2D eigenvalue weighted by atomic mass is 9.75. The Hall–Kier alpha value is -2.58. The van der Waals surface area contributed by atoms with Crippen LogP contribution in [0.2, 0.25) is 0 Å². The average molecular weight is 481 g/mol. The van der Waals surface area contributed by atoms with Crippen molar-refractivity contribution in [2.24, 2.45) is 11.8 Å². The Labute approximate surface area is 219 Å². The summed E-state index contributed by atoms with van der Waals surface area (Å²) in [4.78, 5) is 0. The van der Waals surface area contributed by atoms with Gasteiger partial charge < -0.3 is 0 Å². The maximum atomic E-state index is 10.1. The molecule has 0 atom stereocenters. The summed E-state index contributed by atoms with van der Waals surface area (Å²) in [7, 11) is 0. The van der Waals surface area contributed by atoms with E-state index < -0.39 is 0 Å². The van der Waals surface area contributed by atoms with Crippen molar-refractivity contribution in [1.82, 2.24) is 0 Å². The van der Waals surface area contributed by atoms with Crippen molar-refractivity contribution in [3.63, 3.8) is 0 Å². The number of nitrogens with zero attached hydrogens (tertiary/aromatic N) is 2. The van der Waals surface area contributed by atoms with Gasteiger partial charge in [-0.15, -0.1) is 0 Å². The second-order valence-electron chi connectivity index (χ2n) is 11.5. The molecule has 0 radical (unpaired) electrons. The van der Waals surface area contributed by atoms with E-state index in [4.69, 9.17) is 0 Å². The lowest BCUT2D eigenvalue weighted by molar-refractivity contribution is 0.302. The predicted molar refractivity (Wildman–Crippen MR) is 150 cm³/mol. The number of unbranched alkanes of at least 4 members (excludes halogenated alkanes) is 2. The van der Waals surface area contributed by atoms with E-state index in [1.807, 2.05) is 0 Å². The van der Waals surface area contributed by atoms with Gasteiger partial charge in [0, 0.05) is 5.56 Å². The van der Waals surface area contributed by atoms with E-state index in [0.29, 0.717) is 23.0 Å². The summed E-state index contributed by atoms with van der Waals surface area (Å²) in [5.74, 6) is 2.83. The minimum absolute atomic E-state index is 0.411. The van der Waals surface area contributed by atoms with Gasteiger partial charge in [-0.1, -0.05) is 88.8 Å². The van der Waals surface area contributed by atoms with Gasteiger partial charge in [-0.25, -0.2) is 0 Å². The van der Waals surface area contributed by atoms with Crippen molar-refractivity contribution in [3.8, 4) is 23.3 Å². The standard InChI is InChI=1S/C34H44N2/c1-3-5-6-8-26-11-15-29(16-12-26)31-21-22-32(34(24-36)33(31)23-35)30-19-17-28(18-20-30)27-13-9-25(7-4-2)10-14-27/h17-22,25-27,29H,3-16H2,1-2H3/t25-,26-,27-,29-. The van der Waals surface area contributed by atoms with Gasteiger partial charge in [-0.05, 0) is 91.7 Å². The molecule has 0 saturated heterocycles. The second kappa shape index (κ2) is 13.1. The quantitative estimate of drug-likeness (QED) is 0.335. The Morgan fingerprint density at radius 1 is 0.639 bits per heavy atom. The molecule has 0 aliphatic heterocycles. The van der Waals surface area contributed by atoms with Gasteiger partial charge in [-0.2, -0.15) is 10.5 Å². The van der Waals surface area contributed by atoms with Gasteiger partial charge in [0.05, 0.1) is 11.1 Å². The summed E-state index contributed by atoms with van der Waals surface area (Å²) < 4.78 is 0. The molecule has 0 aromatic heterocycles. The number of hydrogen-bond acceptors (Lipinski definition) is 2. The topological polar surface area (TPSA) is 47.6 Å². The Balaban J connectivity index is 1.47. The van der Waals surface area contributed by atoms with E-state index >= 15 is 0 Å². The van der Waals surface area contributed by atoms with E-state index in [-0.39, 0.29) is 0 Å². The molecule has 0 N–H and O–H groups in total. The molecule has 2 saturated carbocycles. The molecule has 2 aliphatic carbocycles. The fourth-order valence-electron chi connectivity index (χ4n) is 7.01. The number of benzene rings is 2. The zero-order valence-corrected chi connectivity index (χ0v) is 22.6. The third-order valence-electron chi connectivity index (χ3n) is 9.20. The molecule has 2 aliphatic rings. The normalized spacial score (nSPS) is 24.1. The Kier molecular flexibility index (Phi) is 9.64. The van der Waals surface area contributed by atoms with Gasteiger partial charge in [0.2, 0.25) is 0 Å². The number of rotatable bonds is 9. The first kappa shape index (κ1) is 26.5. The highest BCUT2D eigenvalue weighted by Gasteiger charge is 2.26. The summed E-state index contributed by atoms with van der Waals surface area (Å²) in [6.45, 7) is 4.56. The maximum Gasteiger partial charge on any atom is 0.101 e. The van der Waals surface area contributed by atoms with E-state index in [1.54, 1.807) is 0 Å². The summed E-state index contributed by atoms with van der Waals surface area (Å²) in [5, 5.41) is 20.2. The van der Waals surface area contributed by atoms with Crippen molar-refractivity contribution in [2.75, 3.05) is 0 Å². The lowest BCUT2D eigenvalue weighted by Crippen LogP contribution is -2.15. The van der Waals surface area contributed by atoms with Crippen LogP contribution in [0.1, 0.15) is 138 Å². The van der Waals surface area contributed by atoms with E-state index in [2.05, 4.69) is 62.4 Å². The predicted octanol–water partition coefficient (Wildman–Crippen LogP) is 10.0. The van der Waals surface area contributed by atoms with Crippen LogP contribution in [0.15, 0.2) is 36.4 Å². The van der Waals surface area contributed by atoms with Crippen molar-refractivity contribution in [3.05, 3.63) is 58.7 Å². The number of nitriles is 2. The molecule has 2 fully saturated rings. The van der Waals surface area contributed by atoms with Crippen LogP contribution >= 0.6 is 0 Å². The first-order valence-electron chi connectivity index (χ1n) is 14.8. The van der Waals surface area contributed by atoms with Crippen molar-refractivity contribution in [1.29, 1.82) is 10.5 Å². The van der Waals surface area contributed by atoms with Gasteiger partial charge in [-0.3, -0.25) is 0 Å². The SMILES string of the molecule is CCCCC[C@H]1CC[C@H](c2ccc(-c3ccc([C@H]4CC[C@H](CCC)CC4)cc3)c(C#N)c2C#N)CC1. The highest BCUT2D eigenvalue weighted by atomic mass is 14.3. The Bertz CT molecular complexity index is 1050. The van der Waals surface area contributed by atoms with Gasteiger partial charge in [0.25, 0.3) is 0 Å². The van der Waals surface area contributed by atoms with Crippen LogP contribution in [0.5, 0.6) is 0 Å². The maximum absolute atomic E-state index is 10.1. The highest BCUT2D eigenvalue weighted by molar-refractivity contribution is 5.75. The van der Waals surface area contributed by atoms with E-state index in [1.165, 1.54) is 82.6 Å². The fourth-order valence-corrected chi connectivity index (χ4v) is 7.01. The summed E-state index contributed by atoms with van der Waals surface area (Å²) in [5.41, 5.74) is 5.67. The first-order chi connectivity index (χ1) is 17.7. The molecular formula is C34H44N2. The van der Waals surface area contributed by atoms with Crippen LogP contribution in [0.3, 0.4) is 0 Å². The molecule has 0 amide bonds. The molecule has 36 heavy (non-hydrogen) atoms. The van der Waals surface area contributed by atoms with E-state index in [0.717, 1.165) is 41.4 Å². The Morgan fingerprint density at radius 3 is 1.83 bits per heavy atom. The van der Waals surface area contributed by atoms with Crippen LogP contribution in [-0.2, 0) is 0 Å². The molecular weight excluding hydrogens is 436 g/mol. The summed E-state index contributed by atoms with van der Waals surface area (Å²) in [6, 6.07) is 18.0. The van der Waals surface area contributed by atoms with Gasteiger partial charge in [0.1, 0.15) is 12.1 Å². The molecule has 0 spiro atoms. The minimum Gasteiger partial charge on any atom is -0.192 e. The molecule has 2 aromatic rings. The molecule has 0 bridgehead atoms. The van der Waals surface area contributed by atoms with Crippen LogP contribution in [-0.4, -0.2) is 0 Å². The van der Waals surface area contributed by atoms with Crippen LogP contribution in [0.4, 0.5) is 0 Å². The third-order valence-corrected chi connectivity index (χ3v) is 9.20. The second-order valence-corrected chi connectivity index (χ2v) is 11.5. The number of hydrogen-bond donors (Lipinski definition) is 0. The molecule has 2 aromatic carbocycles. The van der Waals surface area contributed by atoms with Crippen molar-refractivity contribution in [2.45, 2.75) is 116 Å². The zero-order valence-electron chi connectivity index (χ0n) is 22.6. The molecule has 0 heterocycles. The monoisotopic (exact) mass is 480 g/mol. The summed E-state index contributed by atoms with van der Waals surface area (Å²) in [6.07, 6.45) is 18.1. The lowest BCUT2D eigenvalue weighted by Gasteiger charge is -2.30. The smallest absolute Gasteiger partial charge is 0.101 e. The van der Waals surface area contributed by atoms with Crippen LogP contribution < -0.4 is 0 Å². The average Bonchev–Trinajstić information content (AvgIpc) is 2.93. The minimum atomic E-state index is 0.411. The summed E-state index contributed by atoms with van der Waals surface area (Å²) >= 11 is 0. The molecule has 2 nitrogen and oxygen atoms in total. The highest BCUT2D eigenvalue weighted by Crippen LogP contribution is 2.42.